The normalized spacial score (nSPS) is 14.7. The summed E-state index contributed by atoms with van der Waals surface area (Å²) in [5.74, 6) is -2.04. The van der Waals surface area contributed by atoms with Gasteiger partial charge in [-0.1, -0.05) is 24.6 Å². The molecular weight excluding hydrogens is 221 g/mol. The molecule has 0 bridgehead atoms. The van der Waals surface area contributed by atoms with Crippen LogP contribution in [0.4, 0.5) is 4.39 Å². The second kappa shape index (κ2) is 4.59. The number of benzene rings is 1. The van der Waals surface area contributed by atoms with Crippen molar-refractivity contribution in [3.8, 4) is 0 Å². The first-order chi connectivity index (χ1) is 6.93. The third-order valence-electron chi connectivity index (χ3n) is 2.29. The maximum atomic E-state index is 12.8. The van der Waals surface area contributed by atoms with E-state index in [-0.39, 0.29) is 5.02 Å². The zero-order valence-electron chi connectivity index (χ0n) is 8.08. The van der Waals surface area contributed by atoms with Crippen LogP contribution in [0.5, 0.6) is 0 Å². The third-order valence-corrected chi connectivity index (χ3v) is 2.58. The average molecular weight is 232 g/mol. The first kappa shape index (κ1) is 11.9. The van der Waals surface area contributed by atoms with Gasteiger partial charge in [0.15, 0.2) is 0 Å². The van der Waals surface area contributed by atoms with Gasteiger partial charge in [-0.05, 0) is 17.7 Å². The molecule has 0 amide bonds. The molecule has 82 valence electrons. The molecule has 2 atom stereocenters. The van der Waals surface area contributed by atoms with E-state index in [2.05, 4.69) is 0 Å². The molecule has 15 heavy (non-hydrogen) atoms. The van der Waals surface area contributed by atoms with Gasteiger partial charge in [0.1, 0.15) is 11.9 Å². The van der Waals surface area contributed by atoms with Crippen molar-refractivity contribution in [2.75, 3.05) is 0 Å². The van der Waals surface area contributed by atoms with E-state index in [1.54, 1.807) is 6.92 Å². The molecule has 1 aromatic carbocycles. The Hall–Kier alpha value is -1.13. The van der Waals surface area contributed by atoms with E-state index >= 15 is 0 Å². The van der Waals surface area contributed by atoms with Crippen molar-refractivity contribution in [3.63, 3.8) is 0 Å². The highest BCUT2D eigenvalue weighted by Crippen LogP contribution is 2.23. The van der Waals surface area contributed by atoms with E-state index in [1.165, 1.54) is 18.2 Å². The van der Waals surface area contributed by atoms with E-state index in [1.807, 2.05) is 0 Å². The van der Waals surface area contributed by atoms with Crippen molar-refractivity contribution >= 4 is 17.6 Å². The van der Waals surface area contributed by atoms with Gasteiger partial charge in [0, 0.05) is 5.92 Å². The van der Waals surface area contributed by atoms with Crippen LogP contribution in [0.25, 0.3) is 0 Å². The molecule has 0 aliphatic heterocycles. The third kappa shape index (κ3) is 2.67. The molecule has 2 unspecified atom stereocenters. The molecule has 0 spiro atoms. The quantitative estimate of drug-likeness (QED) is 0.836. The number of nitrogens with two attached hydrogens (primary N) is 1. The monoisotopic (exact) mass is 231 g/mol. The molecule has 1 aromatic rings. The van der Waals surface area contributed by atoms with Crippen LogP contribution < -0.4 is 5.73 Å². The Kier molecular flexibility index (Phi) is 3.66. The van der Waals surface area contributed by atoms with Gasteiger partial charge in [0.2, 0.25) is 0 Å². The lowest BCUT2D eigenvalue weighted by Crippen LogP contribution is -2.35. The Morgan fingerprint density at radius 2 is 2.20 bits per heavy atom. The number of halogens is 2. The molecule has 0 saturated heterocycles. The van der Waals surface area contributed by atoms with E-state index in [0.29, 0.717) is 5.56 Å². The highest BCUT2D eigenvalue weighted by Gasteiger charge is 2.21. The second-order valence-corrected chi connectivity index (χ2v) is 3.73. The topological polar surface area (TPSA) is 63.3 Å². The number of aliphatic carboxylic acids is 1. The highest BCUT2D eigenvalue weighted by atomic mass is 35.5. The summed E-state index contributed by atoms with van der Waals surface area (Å²) in [6.07, 6.45) is 0. The second-order valence-electron chi connectivity index (χ2n) is 3.33. The molecule has 0 saturated carbocycles. The molecule has 0 aliphatic carbocycles. The average Bonchev–Trinajstić information content (AvgIpc) is 2.19. The van der Waals surface area contributed by atoms with E-state index < -0.39 is 23.7 Å². The summed E-state index contributed by atoms with van der Waals surface area (Å²) in [7, 11) is 0. The minimum absolute atomic E-state index is 0.0306. The van der Waals surface area contributed by atoms with Crippen LogP contribution in [0.15, 0.2) is 18.2 Å². The van der Waals surface area contributed by atoms with Crippen LogP contribution in [0.2, 0.25) is 5.02 Å². The Morgan fingerprint density at radius 1 is 1.60 bits per heavy atom. The van der Waals surface area contributed by atoms with Gasteiger partial charge < -0.3 is 10.8 Å². The lowest BCUT2D eigenvalue weighted by Gasteiger charge is -2.16. The Balaban J connectivity index is 2.96. The molecule has 0 heterocycles. The Bertz CT molecular complexity index is 384. The lowest BCUT2D eigenvalue weighted by molar-refractivity contribution is -0.139. The number of carbonyl (C=O) groups is 1. The highest BCUT2D eigenvalue weighted by molar-refractivity contribution is 6.30. The van der Waals surface area contributed by atoms with Crippen molar-refractivity contribution in [3.05, 3.63) is 34.6 Å². The van der Waals surface area contributed by atoms with Gasteiger partial charge in [0.25, 0.3) is 0 Å². The molecule has 0 fully saturated rings. The number of rotatable bonds is 3. The predicted octanol–water partition coefficient (Wildman–Crippen LogP) is 1.99. The zero-order chi connectivity index (χ0) is 11.6. The van der Waals surface area contributed by atoms with Crippen molar-refractivity contribution in [2.24, 2.45) is 5.73 Å². The molecule has 3 N–H and O–H groups in total. The smallest absolute Gasteiger partial charge is 0.321 e. The van der Waals surface area contributed by atoms with Gasteiger partial charge in [-0.25, -0.2) is 4.39 Å². The first-order valence-electron chi connectivity index (χ1n) is 4.37. The summed E-state index contributed by atoms with van der Waals surface area (Å²) in [5.41, 5.74) is 6.05. The minimum Gasteiger partial charge on any atom is -0.480 e. The fraction of sp³-hybridized carbons (Fsp3) is 0.300. The van der Waals surface area contributed by atoms with Crippen LogP contribution >= 0.6 is 11.6 Å². The fourth-order valence-corrected chi connectivity index (χ4v) is 1.41. The Labute approximate surface area is 91.7 Å². The van der Waals surface area contributed by atoms with E-state index in [0.717, 1.165) is 0 Å². The largest absolute Gasteiger partial charge is 0.480 e. The molecule has 5 heteroatoms. The summed E-state index contributed by atoms with van der Waals surface area (Å²) < 4.78 is 12.8. The van der Waals surface area contributed by atoms with Gasteiger partial charge in [-0.15, -0.1) is 0 Å². The van der Waals surface area contributed by atoms with Gasteiger partial charge in [0.05, 0.1) is 5.02 Å². The van der Waals surface area contributed by atoms with Crippen LogP contribution in [0, 0.1) is 5.82 Å². The van der Waals surface area contributed by atoms with Crippen molar-refractivity contribution in [1.29, 1.82) is 0 Å². The van der Waals surface area contributed by atoms with Gasteiger partial charge >= 0.3 is 5.97 Å². The molecule has 0 radical (unpaired) electrons. The zero-order valence-corrected chi connectivity index (χ0v) is 8.83. The van der Waals surface area contributed by atoms with Crippen LogP contribution in [-0.4, -0.2) is 17.1 Å². The standard InChI is InChI=1S/C10H11ClFNO2/c1-5(9(13)10(14)15)6-2-3-8(12)7(11)4-6/h2-5,9H,13H2,1H3,(H,14,15). The van der Waals surface area contributed by atoms with Gasteiger partial charge in [-0.3, -0.25) is 4.79 Å². The minimum atomic E-state index is -1.09. The summed E-state index contributed by atoms with van der Waals surface area (Å²) in [6, 6.07) is 3.05. The summed E-state index contributed by atoms with van der Waals surface area (Å²) in [5, 5.41) is 8.67. The number of hydrogen-bond donors (Lipinski definition) is 2. The fourth-order valence-electron chi connectivity index (χ4n) is 1.22. The Morgan fingerprint density at radius 3 is 2.67 bits per heavy atom. The molecule has 1 rings (SSSR count). The molecule has 3 nitrogen and oxygen atoms in total. The number of hydrogen-bond acceptors (Lipinski definition) is 2. The molecule has 0 aromatic heterocycles. The van der Waals surface area contributed by atoms with Crippen molar-refractivity contribution in [2.45, 2.75) is 18.9 Å². The van der Waals surface area contributed by atoms with Crippen LogP contribution in [0.1, 0.15) is 18.4 Å². The van der Waals surface area contributed by atoms with Crippen molar-refractivity contribution < 1.29 is 14.3 Å². The molecular formula is C10H11ClFNO2. The summed E-state index contributed by atoms with van der Waals surface area (Å²) in [4.78, 5) is 10.6. The maximum Gasteiger partial charge on any atom is 0.321 e. The van der Waals surface area contributed by atoms with Crippen molar-refractivity contribution in [1.82, 2.24) is 0 Å². The lowest BCUT2D eigenvalue weighted by atomic mass is 9.94. The predicted molar refractivity (Wildman–Crippen MR) is 55.4 cm³/mol. The maximum absolute atomic E-state index is 12.8. The first-order valence-corrected chi connectivity index (χ1v) is 4.74. The molecule has 0 aliphatic rings. The SMILES string of the molecule is CC(c1ccc(F)c(Cl)c1)C(N)C(=O)O. The van der Waals surface area contributed by atoms with Crippen LogP contribution in [0.3, 0.4) is 0 Å². The summed E-state index contributed by atoms with van der Waals surface area (Å²) in [6.45, 7) is 1.66. The number of carboxylic acids is 1. The van der Waals surface area contributed by atoms with Gasteiger partial charge in [-0.2, -0.15) is 0 Å². The van der Waals surface area contributed by atoms with E-state index in [9.17, 15) is 9.18 Å². The summed E-state index contributed by atoms with van der Waals surface area (Å²) >= 11 is 5.58. The van der Waals surface area contributed by atoms with E-state index in [4.69, 9.17) is 22.4 Å². The number of carboxylic acid groups (broad SMARTS) is 1. The van der Waals surface area contributed by atoms with Crippen LogP contribution in [-0.2, 0) is 4.79 Å².